The van der Waals surface area contributed by atoms with Crippen molar-refractivity contribution >= 4 is 5.91 Å². The highest BCUT2D eigenvalue weighted by Gasteiger charge is 2.15. The Morgan fingerprint density at radius 2 is 2.20 bits per heavy atom. The van der Waals surface area contributed by atoms with Gasteiger partial charge in [0.25, 0.3) is 0 Å². The second-order valence-corrected chi connectivity index (χ2v) is 3.59. The Balaban J connectivity index is 2.04. The van der Waals surface area contributed by atoms with Crippen LogP contribution in [0.15, 0.2) is 0 Å². The molecule has 1 amide bonds. The van der Waals surface area contributed by atoms with E-state index < -0.39 is 0 Å². The van der Waals surface area contributed by atoms with Crippen molar-refractivity contribution in [3.63, 3.8) is 0 Å². The molecule has 1 aliphatic heterocycles. The van der Waals surface area contributed by atoms with Crippen molar-refractivity contribution in [3.05, 3.63) is 0 Å². The summed E-state index contributed by atoms with van der Waals surface area (Å²) in [6, 6.07) is 0.278. The maximum absolute atomic E-state index is 11.4. The lowest BCUT2D eigenvalue weighted by molar-refractivity contribution is -0.121. The van der Waals surface area contributed by atoms with Crippen LogP contribution in [-0.4, -0.2) is 38.3 Å². The monoisotopic (exact) mass is 210 g/mol. The van der Waals surface area contributed by atoms with E-state index in [-0.39, 0.29) is 11.9 Å². The topological polar surface area (TPSA) is 50.4 Å². The van der Waals surface area contributed by atoms with Gasteiger partial charge in [-0.2, -0.15) is 0 Å². The summed E-state index contributed by atoms with van der Waals surface area (Å²) < 4.78 is 5.21. The van der Waals surface area contributed by atoms with Crippen LogP contribution in [-0.2, 0) is 9.53 Å². The summed E-state index contributed by atoms with van der Waals surface area (Å²) in [6.07, 6.45) is 7.57. The molecule has 15 heavy (non-hydrogen) atoms. The molecule has 0 spiro atoms. The highest BCUT2D eigenvalue weighted by atomic mass is 16.5. The van der Waals surface area contributed by atoms with Crippen molar-refractivity contribution in [2.45, 2.75) is 25.3 Å². The lowest BCUT2D eigenvalue weighted by Gasteiger charge is -2.23. The number of carbonyl (C=O) groups excluding carboxylic acids is 1. The Kier molecular flexibility index (Phi) is 5.83. The molecule has 0 aromatic rings. The molecule has 1 saturated heterocycles. The lowest BCUT2D eigenvalue weighted by Crippen LogP contribution is -2.43. The minimum absolute atomic E-state index is 0.0407. The summed E-state index contributed by atoms with van der Waals surface area (Å²) in [6.45, 7) is 2.53. The van der Waals surface area contributed by atoms with Gasteiger partial charge in [-0.25, -0.2) is 0 Å². The van der Waals surface area contributed by atoms with Gasteiger partial charge in [0.05, 0.1) is 6.54 Å². The highest BCUT2D eigenvalue weighted by molar-refractivity contribution is 5.78. The Bertz CT molecular complexity index is 229. The third kappa shape index (κ3) is 5.40. The molecule has 0 saturated carbocycles. The van der Waals surface area contributed by atoms with Crippen LogP contribution in [0.3, 0.4) is 0 Å². The average Bonchev–Trinajstić information content (AvgIpc) is 2.26. The van der Waals surface area contributed by atoms with Gasteiger partial charge in [-0.15, -0.1) is 12.3 Å². The van der Waals surface area contributed by atoms with Crippen LogP contribution in [0.5, 0.6) is 0 Å². The molecule has 4 nitrogen and oxygen atoms in total. The van der Waals surface area contributed by atoms with E-state index in [0.717, 1.165) is 26.1 Å². The van der Waals surface area contributed by atoms with Crippen molar-refractivity contribution in [2.75, 3.05) is 26.3 Å². The Morgan fingerprint density at radius 1 is 1.47 bits per heavy atom. The highest BCUT2D eigenvalue weighted by Crippen LogP contribution is 2.05. The molecule has 4 heteroatoms. The van der Waals surface area contributed by atoms with Gasteiger partial charge in [0.1, 0.15) is 0 Å². The van der Waals surface area contributed by atoms with E-state index in [9.17, 15) is 4.79 Å². The van der Waals surface area contributed by atoms with E-state index in [2.05, 4.69) is 16.6 Å². The smallest absolute Gasteiger partial charge is 0.234 e. The normalized spacial score (nSPS) is 17.0. The maximum atomic E-state index is 11.4. The molecule has 0 radical (unpaired) electrons. The van der Waals surface area contributed by atoms with E-state index in [4.69, 9.17) is 11.2 Å². The number of ether oxygens (including phenoxy) is 1. The molecule has 84 valence electrons. The third-order valence-electron chi connectivity index (χ3n) is 2.32. The Labute approximate surface area is 90.8 Å². The fourth-order valence-corrected chi connectivity index (χ4v) is 1.48. The first-order valence-corrected chi connectivity index (χ1v) is 5.34. The summed E-state index contributed by atoms with van der Waals surface area (Å²) in [5.74, 6) is 2.55. The molecule has 2 N–H and O–H groups in total. The number of hydrogen-bond acceptors (Lipinski definition) is 3. The van der Waals surface area contributed by atoms with Gasteiger partial charge in [-0.05, 0) is 12.8 Å². The van der Waals surface area contributed by atoms with Crippen molar-refractivity contribution in [2.24, 2.45) is 0 Å². The SMILES string of the molecule is C#CCCNCC(=O)NC1CCOCC1. The van der Waals surface area contributed by atoms with E-state index >= 15 is 0 Å². The van der Waals surface area contributed by atoms with Crippen molar-refractivity contribution in [1.82, 2.24) is 10.6 Å². The lowest BCUT2D eigenvalue weighted by atomic mass is 10.1. The van der Waals surface area contributed by atoms with Gasteiger partial charge in [0, 0.05) is 32.2 Å². The van der Waals surface area contributed by atoms with Crippen molar-refractivity contribution in [3.8, 4) is 12.3 Å². The second-order valence-electron chi connectivity index (χ2n) is 3.59. The zero-order valence-corrected chi connectivity index (χ0v) is 8.92. The largest absolute Gasteiger partial charge is 0.381 e. The molecule has 0 atom stereocenters. The first-order valence-electron chi connectivity index (χ1n) is 5.34. The summed E-state index contributed by atoms with van der Waals surface area (Å²) in [7, 11) is 0. The van der Waals surface area contributed by atoms with Gasteiger partial charge < -0.3 is 15.4 Å². The van der Waals surface area contributed by atoms with Crippen LogP contribution in [0.1, 0.15) is 19.3 Å². The van der Waals surface area contributed by atoms with Crippen LogP contribution < -0.4 is 10.6 Å². The molecule has 0 aromatic heterocycles. The van der Waals surface area contributed by atoms with Crippen LogP contribution in [0.25, 0.3) is 0 Å². The minimum atomic E-state index is 0.0407. The number of amides is 1. The van der Waals surface area contributed by atoms with Crippen LogP contribution in [0, 0.1) is 12.3 Å². The van der Waals surface area contributed by atoms with Gasteiger partial charge in [-0.3, -0.25) is 4.79 Å². The quantitative estimate of drug-likeness (QED) is 0.492. The predicted octanol–water partition coefficient (Wildman–Crippen LogP) is -0.106. The summed E-state index contributed by atoms with van der Waals surface area (Å²) in [5.41, 5.74) is 0. The fraction of sp³-hybridized carbons (Fsp3) is 0.727. The van der Waals surface area contributed by atoms with E-state index in [1.807, 2.05) is 0 Å². The van der Waals surface area contributed by atoms with Gasteiger partial charge in [0.2, 0.25) is 5.91 Å². The molecule has 1 heterocycles. The zero-order valence-electron chi connectivity index (χ0n) is 8.92. The average molecular weight is 210 g/mol. The summed E-state index contributed by atoms with van der Waals surface area (Å²) >= 11 is 0. The molecule has 1 rings (SSSR count). The third-order valence-corrected chi connectivity index (χ3v) is 2.32. The maximum Gasteiger partial charge on any atom is 0.234 e. The molecule has 0 unspecified atom stereocenters. The Morgan fingerprint density at radius 3 is 2.87 bits per heavy atom. The standard InChI is InChI=1S/C11H18N2O2/c1-2-3-6-12-9-11(14)13-10-4-7-15-8-5-10/h1,10,12H,3-9H2,(H,13,14). The first-order chi connectivity index (χ1) is 7.33. The molecule has 0 aromatic carbocycles. The van der Waals surface area contributed by atoms with Crippen LogP contribution >= 0.6 is 0 Å². The number of nitrogens with one attached hydrogen (secondary N) is 2. The second kappa shape index (κ2) is 7.27. The van der Waals surface area contributed by atoms with Crippen LogP contribution in [0.2, 0.25) is 0 Å². The number of hydrogen-bond donors (Lipinski definition) is 2. The predicted molar refractivity (Wildman–Crippen MR) is 58.3 cm³/mol. The zero-order chi connectivity index (χ0) is 10.9. The summed E-state index contributed by atoms with van der Waals surface area (Å²) in [4.78, 5) is 11.4. The molecule has 1 aliphatic rings. The van der Waals surface area contributed by atoms with E-state index in [0.29, 0.717) is 19.5 Å². The first kappa shape index (κ1) is 12.0. The van der Waals surface area contributed by atoms with E-state index in [1.54, 1.807) is 0 Å². The van der Waals surface area contributed by atoms with Crippen LogP contribution in [0.4, 0.5) is 0 Å². The van der Waals surface area contributed by atoms with Gasteiger partial charge in [0.15, 0.2) is 0 Å². The summed E-state index contributed by atoms with van der Waals surface area (Å²) in [5, 5.41) is 5.95. The van der Waals surface area contributed by atoms with E-state index in [1.165, 1.54) is 0 Å². The molecular formula is C11H18N2O2. The number of terminal acetylenes is 1. The van der Waals surface area contributed by atoms with Gasteiger partial charge in [-0.1, -0.05) is 0 Å². The minimum Gasteiger partial charge on any atom is -0.381 e. The molecular weight excluding hydrogens is 192 g/mol. The van der Waals surface area contributed by atoms with Crippen molar-refractivity contribution in [1.29, 1.82) is 0 Å². The number of carbonyl (C=O) groups is 1. The Hall–Kier alpha value is -1.05. The molecule has 0 aliphatic carbocycles. The molecule has 1 fully saturated rings. The molecule has 0 bridgehead atoms. The fourth-order valence-electron chi connectivity index (χ4n) is 1.48. The number of rotatable bonds is 5. The van der Waals surface area contributed by atoms with Gasteiger partial charge >= 0.3 is 0 Å². The van der Waals surface area contributed by atoms with Crippen molar-refractivity contribution < 1.29 is 9.53 Å².